The molecule has 0 N–H and O–H groups in total. The smallest absolute Gasteiger partial charge is 0.136 e. The Morgan fingerprint density at radius 2 is 2.11 bits per heavy atom. The van der Waals surface area contributed by atoms with E-state index in [2.05, 4.69) is 16.9 Å². The summed E-state index contributed by atoms with van der Waals surface area (Å²) >= 11 is 0. The van der Waals surface area contributed by atoms with Crippen molar-refractivity contribution in [1.82, 2.24) is 0 Å². The number of carbonyl (C=O) groups excluding carboxylic acids is 1. The van der Waals surface area contributed by atoms with Gasteiger partial charge in [0.1, 0.15) is 5.78 Å². The molecule has 0 spiro atoms. The first-order chi connectivity index (χ1) is 8.69. The first-order valence-electron chi connectivity index (χ1n) is 6.36. The van der Waals surface area contributed by atoms with E-state index < -0.39 is 0 Å². The van der Waals surface area contributed by atoms with Crippen molar-refractivity contribution < 1.29 is 4.79 Å². The van der Waals surface area contributed by atoms with Crippen molar-refractivity contribution in [3.8, 4) is 0 Å². The molecule has 1 aliphatic rings. The van der Waals surface area contributed by atoms with Gasteiger partial charge in [-0.3, -0.25) is 4.79 Å². The molecule has 94 valence electrons. The Morgan fingerprint density at radius 3 is 2.78 bits per heavy atom. The SMILES string of the molecule is CC1CCC(=O)C(Cc2ccc(N=[N+]=[N-])cc2)C1. The fourth-order valence-corrected chi connectivity index (χ4v) is 2.56. The van der Waals surface area contributed by atoms with Gasteiger partial charge in [0.2, 0.25) is 0 Å². The minimum absolute atomic E-state index is 0.166. The Bertz CT molecular complexity index is 474. The molecule has 1 fully saturated rings. The summed E-state index contributed by atoms with van der Waals surface area (Å²) in [6.07, 6.45) is 3.56. The number of carbonyl (C=O) groups is 1. The normalized spacial score (nSPS) is 23.5. The molecule has 1 aliphatic carbocycles. The monoisotopic (exact) mass is 243 g/mol. The van der Waals surface area contributed by atoms with Gasteiger partial charge in [0.05, 0.1) is 0 Å². The lowest BCUT2D eigenvalue weighted by atomic mass is 9.78. The van der Waals surface area contributed by atoms with Crippen LogP contribution in [0.2, 0.25) is 0 Å². The molecule has 1 saturated carbocycles. The highest BCUT2D eigenvalue weighted by Gasteiger charge is 2.26. The molecule has 0 saturated heterocycles. The predicted molar refractivity (Wildman–Crippen MR) is 70.5 cm³/mol. The molecular formula is C14H17N3O. The number of Topliss-reactive ketones (excluding diaryl/α,β-unsaturated/α-hetero) is 1. The lowest BCUT2D eigenvalue weighted by Crippen LogP contribution is -2.25. The summed E-state index contributed by atoms with van der Waals surface area (Å²) in [5.74, 6) is 1.21. The molecule has 0 heterocycles. The third kappa shape index (κ3) is 3.11. The first kappa shape index (κ1) is 12.7. The van der Waals surface area contributed by atoms with E-state index in [-0.39, 0.29) is 5.92 Å². The molecule has 1 aromatic carbocycles. The maximum atomic E-state index is 11.8. The highest BCUT2D eigenvalue weighted by molar-refractivity contribution is 5.82. The molecule has 4 heteroatoms. The van der Waals surface area contributed by atoms with Gasteiger partial charge in [-0.1, -0.05) is 36.3 Å². The van der Waals surface area contributed by atoms with E-state index in [4.69, 9.17) is 5.53 Å². The van der Waals surface area contributed by atoms with Gasteiger partial charge < -0.3 is 0 Å². The zero-order valence-corrected chi connectivity index (χ0v) is 10.5. The van der Waals surface area contributed by atoms with Crippen LogP contribution in [0.15, 0.2) is 29.4 Å². The van der Waals surface area contributed by atoms with Gasteiger partial charge in [0.25, 0.3) is 0 Å². The maximum absolute atomic E-state index is 11.8. The van der Waals surface area contributed by atoms with Crippen molar-refractivity contribution >= 4 is 11.5 Å². The van der Waals surface area contributed by atoms with E-state index in [0.717, 1.165) is 31.2 Å². The van der Waals surface area contributed by atoms with E-state index in [0.29, 0.717) is 17.4 Å². The minimum Gasteiger partial charge on any atom is -0.299 e. The third-order valence-electron chi connectivity index (χ3n) is 3.60. The zero-order chi connectivity index (χ0) is 13.0. The summed E-state index contributed by atoms with van der Waals surface area (Å²) < 4.78 is 0. The van der Waals surface area contributed by atoms with E-state index in [9.17, 15) is 4.79 Å². The average molecular weight is 243 g/mol. The second-order valence-corrected chi connectivity index (χ2v) is 5.10. The highest BCUT2D eigenvalue weighted by atomic mass is 16.1. The standard InChI is InChI=1S/C14H17N3O/c1-10-2-7-14(18)12(8-10)9-11-3-5-13(6-4-11)16-17-15/h3-6,10,12H,2,7-9H2,1H3. The topological polar surface area (TPSA) is 65.8 Å². The summed E-state index contributed by atoms with van der Waals surface area (Å²) in [5, 5.41) is 3.54. The van der Waals surface area contributed by atoms with Crippen molar-refractivity contribution in [3.05, 3.63) is 40.3 Å². The number of ketones is 1. The van der Waals surface area contributed by atoms with Crippen molar-refractivity contribution in [2.75, 3.05) is 0 Å². The fourth-order valence-electron chi connectivity index (χ4n) is 2.56. The van der Waals surface area contributed by atoms with Crippen LogP contribution >= 0.6 is 0 Å². The molecule has 1 aromatic rings. The van der Waals surface area contributed by atoms with Gasteiger partial charge in [-0.2, -0.15) is 0 Å². The van der Waals surface area contributed by atoms with Crippen LogP contribution < -0.4 is 0 Å². The van der Waals surface area contributed by atoms with Gasteiger partial charge in [-0.15, -0.1) is 0 Å². The molecule has 2 rings (SSSR count). The van der Waals surface area contributed by atoms with E-state index in [1.54, 1.807) is 12.1 Å². The third-order valence-corrected chi connectivity index (χ3v) is 3.60. The lowest BCUT2D eigenvalue weighted by molar-refractivity contribution is -0.125. The molecule has 18 heavy (non-hydrogen) atoms. The van der Waals surface area contributed by atoms with Gasteiger partial charge in [-0.25, -0.2) is 0 Å². The minimum atomic E-state index is 0.166. The summed E-state index contributed by atoms with van der Waals surface area (Å²) in [7, 11) is 0. The van der Waals surface area contributed by atoms with Crippen LogP contribution in [0.25, 0.3) is 10.4 Å². The van der Waals surface area contributed by atoms with Crippen LogP contribution in [-0.4, -0.2) is 5.78 Å². The van der Waals surface area contributed by atoms with Crippen LogP contribution in [0.4, 0.5) is 5.69 Å². The molecule has 0 aliphatic heterocycles. The van der Waals surface area contributed by atoms with Crippen LogP contribution in [-0.2, 0) is 11.2 Å². The van der Waals surface area contributed by atoms with Crippen molar-refractivity contribution in [1.29, 1.82) is 0 Å². The number of benzene rings is 1. The second-order valence-electron chi connectivity index (χ2n) is 5.10. The average Bonchev–Trinajstić information content (AvgIpc) is 2.37. The number of hydrogen-bond acceptors (Lipinski definition) is 2. The van der Waals surface area contributed by atoms with E-state index in [1.165, 1.54) is 0 Å². The van der Waals surface area contributed by atoms with Gasteiger partial charge in [0.15, 0.2) is 0 Å². The molecule has 0 radical (unpaired) electrons. The predicted octanol–water partition coefficient (Wildman–Crippen LogP) is 4.18. The van der Waals surface area contributed by atoms with Gasteiger partial charge >= 0.3 is 0 Å². The fraction of sp³-hybridized carbons (Fsp3) is 0.500. The molecule has 0 bridgehead atoms. The molecular weight excluding hydrogens is 226 g/mol. The number of nitrogens with zero attached hydrogens (tertiary/aromatic N) is 3. The highest BCUT2D eigenvalue weighted by Crippen LogP contribution is 2.29. The Labute approximate surface area is 107 Å². The molecule has 0 aromatic heterocycles. The van der Waals surface area contributed by atoms with Crippen LogP contribution in [0.3, 0.4) is 0 Å². The number of rotatable bonds is 3. The molecule has 0 amide bonds. The Kier molecular flexibility index (Phi) is 4.00. The quantitative estimate of drug-likeness (QED) is 0.446. The van der Waals surface area contributed by atoms with Crippen molar-refractivity contribution in [3.63, 3.8) is 0 Å². The Balaban J connectivity index is 2.04. The largest absolute Gasteiger partial charge is 0.299 e. The van der Waals surface area contributed by atoms with Crippen molar-refractivity contribution in [2.45, 2.75) is 32.6 Å². The zero-order valence-electron chi connectivity index (χ0n) is 10.5. The Hall–Kier alpha value is -1.80. The Morgan fingerprint density at radius 1 is 1.39 bits per heavy atom. The van der Waals surface area contributed by atoms with E-state index in [1.807, 2.05) is 12.1 Å². The molecule has 2 unspecified atom stereocenters. The summed E-state index contributed by atoms with van der Waals surface area (Å²) in [4.78, 5) is 14.6. The second kappa shape index (κ2) is 5.69. The van der Waals surface area contributed by atoms with Crippen LogP contribution in [0.5, 0.6) is 0 Å². The van der Waals surface area contributed by atoms with Crippen molar-refractivity contribution in [2.24, 2.45) is 17.0 Å². The number of azide groups is 1. The number of hydrogen-bond donors (Lipinski definition) is 0. The summed E-state index contributed by atoms with van der Waals surface area (Å²) in [6, 6.07) is 7.48. The maximum Gasteiger partial charge on any atom is 0.136 e. The molecule has 2 atom stereocenters. The molecule has 4 nitrogen and oxygen atoms in total. The summed E-state index contributed by atoms with van der Waals surface area (Å²) in [6.45, 7) is 2.21. The summed E-state index contributed by atoms with van der Waals surface area (Å²) in [5.41, 5.74) is 10.1. The first-order valence-corrected chi connectivity index (χ1v) is 6.36. The van der Waals surface area contributed by atoms with Gasteiger partial charge in [0, 0.05) is 22.9 Å². The van der Waals surface area contributed by atoms with Crippen LogP contribution in [0, 0.1) is 11.8 Å². The van der Waals surface area contributed by atoms with Crippen LogP contribution in [0.1, 0.15) is 31.7 Å². The van der Waals surface area contributed by atoms with E-state index >= 15 is 0 Å². The van der Waals surface area contributed by atoms with Gasteiger partial charge in [-0.05, 0) is 36.3 Å². The lowest BCUT2D eigenvalue weighted by Gasteiger charge is -2.25.